The number of aromatic nitrogens is 1. The summed E-state index contributed by atoms with van der Waals surface area (Å²) in [6, 6.07) is 13.4. The number of ketones is 1. The predicted molar refractivity (Wildman–Crippen MR) is 122 cm³/mol. The van der Waals surface area contributed by atoms with E-state index in [0.717, 1.165) is 12.1 Å². The second kappa shape index (κ2) is 9.27. The topological polar surface area (TPSA) is 96.8 Å². The van der Waals surface area contributed by atoms with Crippen molar-refractivity contribution in [3.63, 3.8) is 0 Å². The Bertz CT molecular complexity index is 1270. The number of benzene rings is 2. The highest BCUT2D eigenvalue weighted by Crippen LogP contribution is 2.42. The molecule has 1 amide bonds. The maximum atomic E-state index is 13.4. The third-order valence-electron chi connectivity index (χ3n) is 5.31. The number of hydrogen-bond acceptors (Lipinski definition) is 6. The van der Waals surface area contributed by atoms with E-state index in [0.29, 0.717) is 16.8 Å². The number of Topliss-reactive ketones (excluding diaryl/α,β-unsaturated/α-hetero) is 1. The number of ether oxygens (including phenoxy) is 1. The third kappa shape index (κ3) is 4.30. The average molecular weight is 460 g/mol. The summed E-state index contributed by atoms with van der Waals surface area (Å²) in [6.45, 7) is 3.48. The molecule has 1 fully saturated rings. The summed E-state index contributed by atoms with van der Waals surface area (Å²) >= 11 is 0. The number of pyridine rings is 1. The molecule has 1 saturated heterocycles. The van der Waals surface area contributed by atoms with Crippen molar-refractivity contribution in [2.24, 2.45) is 0 Å². The molecule has 2 heterocycles. The molecule has 1 N–H and O–H groups in total. The van der Waals surface area contributed by atoms with Gasteiger partial charge in [-0.2, -0.15) is 0 Å². The smallest absolute Gasteiger partial charge is 0.338 e. The van der Waals surface area contributed by atoms with Crippen LogP contribution in [0.25, 0.3) is 5.76 Å². The molecule has 1 aliphatic rings. The molecule has 4 rings (SSSR count). The summed E-state index contributed by atoms with van der Waals surface area (Å²) in [5.41, 5.74) is 1.25. The molecule has 2 aromatic carbocycles. The van der Waals surface area contributed by atoms with Crippen LogP contribution in [0.5, 0.6) is 0 Å². The standard InChI is InChI=1S/C26H21FN2O5/c1-15(2)34-26(33)18-5-9-20(10-6-18)29-22(16-11-13-28-14-12-16)21(24(31)25(29)32)23(30)17-3-7-19(27)8-4-17/h3-15,22,30H,1-2H3/b23-21+. The summed E-state index contributed by atoms with van der Waals surface area (Å²) in [5, 5.41) is 11.0. The third-order valence-corrected chi connectivity index (χ3v) is 5.31. The quantitative estimate of drug-likeness (QED) is 0.262. The Hall–Kier alpha value is -4.33. The van der Waals surface area contributed by atoms with Crippen molar-refractivity contribution < 1.29 is 28.6 Å². The van der Waals surface area contributed by atoms with Crippen molar-refractivity contribution >= 4 is 29.1 Å². The molecule has 34 heavy (non-hydrogen) atoms. The molecule has 1 unspecified atom stereocenters. The minimum Gasteiger partial charge on any atom is -0.507 e. The van der Waals surface area contributed by atoms with Gasteiger partial charge in [0.2, 0.25) is 0 Å². The van der Waals surface area contributed by atoms with Crippen LogP contribution in [0, 0.1) is 5.82 Å². The Morgan fingerprint density at radius 2 is 1.56 bits per heavy atom. The van der Waals surface area contributed by atoms with E-state index in [1.807, 2.05) is 0 Å². The molecule has 0 spiro atoms. The normalized spacial score (nSPS) is 17.3. The number of amides is 1. The molecule has 0 aliphatic carbocycles. The van der Waals surface area contributed by atoms with Crippen LogP contribution in [-0.4, -0.2) is 33.9 Å². The van der Waals surface area contributed by atoms with Gasteiger partial charge < -0.3 is 9.84 Å². The van der Waals surface area contributed by atoms with Crippen LogP contribution in [-0.2, 0) is 14.3 Å². The summed E-state index contributed by atoms with van der Waals surface area (Å²) in [5.74, 6) is -3.15. The number of nitrogens with zero attached hydrogens (tertiary/aromatic N) is 2. The maximum absolute atomic E-state index is 13.4. The zero-order valence-corrected chi connectivity index (χ0v) is 18.4. The zero-order valence-electron chi connectivity index (χ0n) is 18.4. The second-order valence-electron chi connectivity index (χ2n) is 7.96. The van der Waals surface area contributed by atoms with Gasteiger partial charge in [0.15, 0.2) is 0 Å². The van der Waals surface area contributed by atoms with Gasteiger partial charge in [0.05, 0.1) is 23.3 Å². The van der Waals surface area contributed by atoms with E-state index >= 15 is 0 Å². The number of esters is 1. The Morgan fingerprint density at radius 1 is 0.971 bits per heavy atom. The van der Waals surface area contributed by atoms with Crippen LogP contribution in [0.1, 0.15) is 41.4 Å². The van der Waals surface area contributed by atoms with Crippen molar-refractivity contribution in [2.45, 2.75) is 26.0 Å². The van der Waals surface area contributed by atoms with Crippen LogP contribution in [0.15, 0.2) is 78.6 Å². The first-order chi connectivity index (χ1) is 16.3. The van der Waals surface area contributed by atoms with Crippen molar-refractivity contribution in [3.05, 3.63) is 101 Å². The summed E-state index contributed by atoms with van der Waals surface area (Å²) in [7, 11) is 0. The highest BCUT2D eigenvalue weighted by atomic mass is 19.1. The number of anilines is 1. The van der Waals surface area contributed by atoms with Gasteiger partial charge in [-0.15, -0.1) is 0 Å². The van der Waals surface area contributed by atoms with Crippen molar-refractivity contribution in [1.29, 1.82) is 0 Å². The van der Waals surface area contributed by atoms with E-state index in [2.05, 4.69) is 4.98 Å². The predicted octanol–water partition coefficient (Wildman–Crippen LogP) is 4.41. The fraction of sp³-hybridized carbons (Fsp3) is 0.154. The lowest BCUT2D eigenvalue weighted by Gasteiger charge is -2.25. The minimum absolute atomic E-state index is 0.133. The Morgan fingerprint density at radius 3 is 2.15 bits per heavy atom. The van der Waals surface area contributed by atoms with Crippen LogP contribution < -0.4 is 4.90 Å². The number of aliphatic hydroxyl groups is 1. The van der Waals surface area contributed by atoms with Gasteiger partial charge in [0.1, 0.15) is 11.6 Å². The molecule has 1 atom stereocenters. The van der Waals surface area contributed by atoms with E-state index in [4.69, 9.17) is 4.74 Å². The molecule has 172 valence electrons. The van der Waals surface area contributed by atoms with Gasteiger partial charge >= 0.3 is 5.97 Å². The highest BCUT2D eigenvalue weighted by molar-refractivity contribution is 6.51. The fourth-order valence-electron chi connectivity index (χ4n) is 3.76. The van der Waals surface area contributed by atoms with E-state index in [1.165, 1.54) is 53.7 Å². The van der Waals surface area contributed by atoms with Gasteiger partial charge in [-0.25, -0.2) is 9.18 Å². The molecule has 3 aromatic rings. The lowest BCUT2D eigenvalue weighted by Crippen LogP contribution is -2.29. The molecule has 0 radical (unpaired) electrons. The van der Waals surface area contributed by atoms with E-state index in [1.54, 1.807) is 26.0 Å². The minimum atomic E-state index is -0.957. The molecule has 1 aromatic heterocycles. The molecule has 1 aliphatic heterocycles. The van der Waals surface area contributed by atoms with Gasteiger partial charge in [0.25, 0.3) is 11.7 Å². The molecule has 0 saturated carbocycles. The number of hydrogen-bond donors (Lipinski definition) is 1. The molecule has 8 heteroatoms. The summed E-state index contributed by atoms with van der Waals surface area (Å²) in [6.07, 6.45) is 2.74. The summed E-state index contributed by atoms with van der Waals surface area (Å²) in [4.78, 5) is 43.6. The first-order valence-electron chi connectivity index (χ1n) is 10.6. The number of carbonyl (C=O) groups is 3. The average Bonchev–Trinajstić information content (AvgIpc) is 3.10. The van der Waals surface area contributed by atoms with E-state index in [9.17, 15) is 23.9 Å². The first kappa shape index (κ1) is 22.8. The highest BCUT2D eigenvalue weighted by Gasteiger charge is 2.47. The lowest BCUT2D eigenvalue weighted by atomic mass is 9.95. The molecular weight excluding hydrogens is 439 g/mol. The van der Waals surface area contributed by atoms with Gasteiger partial charge in [-0.05, 0) is 80.1 Å². The lowest BCUT2D eigenvalue weighted by molar-refractivity contribution is -0.132. The number of carbonyl (C=O) groups excluding carboxylic acids is 3. The number of halogens is 1. The Kier molecular flexibility index (Phi) is 6.23. The van der Waals surface area contributed by atoms with Crippen LogP contribution >= 0.6 is 0 Å². The fourth-order valence-corrected chi connectivity index (χ4v) is 3.76. The zero-order chi connectivity index (χ0) is 24.4. The van der Waals surface area contributed by atoms with Gasteiger partial charge in [0, 0.05) is 23.6 Å². The number of rotatable bonds is 5. The SMILES string of the molecule is CC(C)OC(=O)c1ccc(N2C(=O)C(=O)/C(=C(/O)c3ccc(F)cc3)C2c2ccncc2)cc1. The van der Waals surface area contributed by atoms with Gasteiger partial charge in [-0.1, -0.05) is 0 Å². The van der Waals surface area contributed by atoms with Crippen LogP contribution in [0.3, 0.4) is 0 Å². The van der Waals surface area contributed by atoms with E-state index < -0.39 is 35.3 Å². The first-order valence-corrected chi connectivity index (χ1v) is 10.6. The largest absolute Gasteiger partial charge is 0.507 e. The summed E-state index contributed by atoms with van der Waals surface area (Å²) < 4.78 is 18.6. The van der Waals surface area contributed by atoms with Crippen LogP contribution in [0.2, 0.25) is 0 Å². The van der Waals surface area contributed by atoms with Crippen molar-refractivity contribution in [3.8, 4) is 0 Å². The Balaban J connectivity index is 1.82. The Labute approximate surface area is 195 Å². The molecular formula is C26H21FN2O5. The van der Waals surface area contributed by atoms with Crippen molar-refractivity contribution in [1.82, 2.24) is 4.98 Å². The maximum Gasteiger partial charge on any atom is 0.338 e. The second-order valence-corrected chi connectivity index (χ2v) is 7.96. The van der Waals surface area contributed by atoms with E-state index in [-0.39, 0.29) is 17.2 Å². The van der Waals surface area contributed by atoms with Gasteiger partial charge in [-0.3, -0.25) is 19.5 Å². The molecule has 7 nitrogen and oxygen atoms in total. The molecule has 0 bridgehead atoms. The number of aliphatic hydroxyl groups excluding tert-OH is 1. The van der Waals surface area contributed by atoms with Crippen LogP contribution in [0.4, 0.5) is 10.1 Å². The monoisotopic (exact) mass is 460 g/mol. The van der Waals surface area contributed by atoms with Crippen molar-refractivity contribution in [2.75, 3.05) is 4.90 Å².